The molecule has 1 fully saturated rings. The number of ether oxygens (including phenoxy) is 2. The first kappa shape index (κ1) is 24.3. The number of amides is 1. The van der Waals surface area contributed by atoms with Gasteiger partial charge in [-0.3, -0.25) is 0 Å². The van der Waals surface area contributed by atoms with Crippen LogP contribution in [0.25, 0.3) is 5.65 Å². The summed E-state index contributed by atoms with van der Waals surface area (Å²) < 4.78 is 39.9. The number of fused-ring (bicyclic) bond motifs is 1. The molecular weight excluding hydrogens is 420 g/mol. The Morgan fingerprint density at radius 2 is 2.06 bits per heavy atom. The molecule has 1 aliphatic rings. The van der Waals surface area contributed by atoms with Crippen LogP contribution in [0.2, 0.25) is 0 Å². The second kappa shape index (κ2) is 9.66. The van der Waals surface area contributed by atoms with E-state index in [9.17, 15) is 13.6 Å². The number of nitrogens with two attached hydrogens (primary N) is 1. The first-order valence-corrected chi connectivity index (χ1v) is 11.0. The van der Waals surface area contributed by atoms with Crippen LogP contribution >= 0.6 is 0 Å². The van der Waals surface area contributed by atoms with Gasteiger partial charge < -0.3 is 20.5 Å². The fourth-order valence-electron chi connectivity index (χ4n) is 3.87. The standard InChI is InChI=1S/C22H33F2N5O3/c1-5-31-13-16(25)15-10-18-27-17(12-29(18)26-11-15)19(28-20(30)32-21(2,3)4)14-6-8-22(23,24)9-7-14/h10-12,14,16,19H,5-9,13,25H2,1-4H3,(H,28,30)/t16-,19+/m1/s1. The van der Waals surface area contributed by atoms with Crippen LogP contribution in [0, 0.1) is 5.92 Å². The summed E-state index contributed by atoms with van der Waals surface area (Å²) in [5, 5.41) is 7.23. The average molecular weight is 454 g/mol. The number of alkyl carbamates (subject to hydrolysis) is 1. The van der Waals surface area contributed by atoms with Crippen LogP contribution in [0.15, 0.2) is 18.5 Å². The van der Waals surface area contributed by atoms with E-state index in [1.54, 1.807) is 37.7 Å². The number of hydrogen-bond donors (Lipinski definition) is 2. The smallest absolute Gasteiger partial charge is 0.408 e. The maximum Gasteiger partial charge on any atom is 0.408 e. The number of nitrogens with zero attached hydrogens (tertiary/aromatic N) is 3. The van der Waals surface area contributed by atoms with Gasteiger partial charge in [-0.15, -0.1) is 0 Å². The van der Waals surface area contributed by atoms with E-state index in [1.165, 1.54) is 0 Å². The van der Waals surface area contributed by atoms with Crippen molar-refractivity contribution in [3.05, 3.63) is 29.7 Å². The van der Waals surface area contributed by atoms with Gasteiger partial charge in [0, 0.05) is 19.4 Å². The van der Waals surface area contributed by atoms with Gasteiger partial charge in [0.15, 0.2) is 5.65 Å². The maximum absolute atomic E-state index is 13.7. The molecule has 0 saturated heterocycles. The largest absolute Gasteiger partial charge is 0.444 e. The Hall–Kier alpha value is -2.33. The molecule has 0 spiro atoms. The van der Waals surface area contributed by atoms with Crippen molar-refractivity contribution >= 4 is 11.7 Å². The van der Waals surface area contributed by atoms with E-state index in [1.807, 2.05) is 13.0 Å². The highest BCUT2D eigenvalue weighted by molar-refractivity contribution is 5.68. The Kier molecular flexibility index (Phi) is 7.34. The molecule has 2 aromatic heterocycles. The molecule has 0 aromatic carbocycles. The molecule has 1 amide bonds. The van der Waals surface area contributed by atoms with Gasteiger partial charge in [-0.05, 0) is 58.1 Å². The van der Waals surface area contributed by atoms with Crippen molar-refractivity contribution in [2.24, 2.45) is 11.7 Å². The fourth-order valence-corrected chi connectivity index (χ4v) is 3.87. The fraction of sp³-hybridized carbons (Fsp3) is 0.682. The third kappa shape index (κ3) is 6.35. The maximum atomic E-state index is 13.7. The summed E-state index contributed by atoms with van der Waals surface area (Å²) in [6, 6.07) is 0.909. The molecule has 178 valence electrons. The normalized spacial score (nSPS) is 19.0. The van der Waals surface area contributed by atoms with Crippen molar-refractivity contribution in [3.63, 3.8) is 0 Å². The van der Waals surface area contributed by atoms with E-state index in [-0.39, 0.29) is 37.6 Å². The van der Waals surface area contributed by atoms with Gasteiger partial charge in [-0.1, -0.05) is 0 Å². The SMILES string of the molecule is CCOC[C@@H](N)c1cnn2cc([C@@H](NC(=O)OC(C)(C)C)C3CCC(F)(F)CC3)nc2c1. The van der Waals surface area contributed by atoms with Crippen molar-refractivity contribution < 1.29 is 23.0 Å². The molecule has 0 radical (unpaired) electrons. The second-order valence-electron chi connectivity index (χ2n) is 9.34. The van der Waals surface area contributed by atoms with E-state index in [0.717, 1.165) is 5.56 Å². The zero-order valence-electron chi connectivity index (χ0n) is 19.1. The van der Waals surface area contributed by atoms with Crippen molar-refractivity contribution in [3.8, 4) is 0 Å². The zero-order valence-corrected chi connectivity index (χ0v) is 19.1. The van der Waals surface area contributed by atoms with Gasteiger partial charge >= 0.3 is 6.09 Å². The number of hydrogen-bond acceptors (Lipinski definition) is 6. The first-order valence-electron chi connectivity index (χ1n) is 11.0. The molecule has 1 saturated carbocycles. The van der Waals surface area contributed by atoms with Gasteiger partial charge in [0.1, 0.15) is 5.60 Å². The third-order valence-electron chi connectivity index (χ3n) is 5.51. The van der Waals surface area contributed by atoms with Crippen molar-refractivity contribution in [2.75, 3.05) is 13.2 Å². The van der Waals surface area contributed by atoms with Crippen molar-refractivity contribution in [1.29, 1.82) is 0 Å². The van der Waals surface area contributed by atoms with Gasteiger partial charge in [-0.2, -0.15) is 5.10 Å². The first-order chi connectivity index (χ1) is 15.0. The molecule has 2 heterocycles. The van der Waals surface area contributed by atoms with Gasteiger partial charge in [0.25, 0.3) is 0 Å². The number of carbonyl (C=O) groups excluding carboxylic acids is 1. The molecule has 0 bridgehead atoms. The number of nitrogens with one attached hydrogen (secondary N) is 1. The molecule has 0 aliphatic heterocycles. The van der Waals surface area contributed by atoms with E-state index in [2.05, 4.69) is 15.4 Å². The van der Waals surface area contributed by atoms with Crippen LogP contribution in [0.1, 0.15) is 76.7 Å². The Labute approximate surface area is 186 Å². The minimum Gasteiger partial charge on any atom is -0.444 e. The number of halogens is 2. The average Bonchev–Trinajstić information content (AvgIpc) is 3.12. The summed E-state index contributed by atoms with van der Waals surface area (Å²) in [4.78, 5) is 17.2. The third-order valence-corrected chi connectivity index (χ3v) is 5.51. The van der Waals surface area contributed by atoms with Crippen LogP contribution in [0.5, 0.6) is 0 Å². The molecular formula is C22H33F2N5O3. The van der Waals surface area contributed by atoms with Gasteiger partial charge in [0.05, 0.1) is 36.8 Å². The monoisotopic (exact) mass is 453 g/mol. The molecule has 2 aromatic rings. The highest BCUT2D eigenvalue weighted by atomic mass is 19.3. The highest BCUT2D eigenvalue weighted by Gasteiger charge is 2.39. The predicted octanol–water partition coefficient (Wildman–Crippen LogP) is 4.16. The van der Waals surface area contributed by atoms with Crippen LogP contribution in [-0.2, 0) is 9.47 Å². The molecule has 8 nitrogen and oxygen atoms in total. The van der Waals surface area contributed by atoms with Crippen LogP contribution in [0.3, 0.4) is 0 Å². The summed E-state index contributed by atoms with van der Waals surface area (Å²) in [5.74, 6) is -2.86. The van der Waals surface area contributed by atoms with Crippen molar-refractivity contribution in [2.45, 2.75) is 77.0 Å². The minimum absolute atomic E-state index is 0.188. The lowest BCUT2D eigenvalue weighted by atomic mass is 9.81. The molecule has 0 unspecified atom stereocenters. The zero-order chi connectivity index (χ0) is 23.5. The number of imidazole rings is 1. The predicted molar refractivity (Wildman–Crippen MR) is 115 cm³/mol. The van der Waals surface area contributed by atoms with Crippen LogP contribution in [0.4, 0.5) is 13.6 Å². The number of alkyl halides is 2. The van der Waals surface area contributed by atoms with Gasteiger partial charge in [-0.25, -0.2) is 23.1 Å². The highest BCUT2D eigenvalue weighted by Crippen LogP contribution is 2.41. The van der Waals surface area contributed by atoms with E-state index in [4.69, 9.17) is 15.2 Å². The lowest BCUT2D eigenvalue weighted by Crippen LogP contribution is -2.40. The lowest BCUT2D eigenvalue weighted by molar-refractivity contribution is -0.0500. The number of carbonyl (C=O) groups is 1. The Balaban J connectivity index is 1.86. The Morgan fingerprint density at radius 1 is 1.38 bits per heavy atom. The Morgan fingerprint density at radius 3 is 2.69 bits per heavy atom. The molecule has 32 heavy (non-hydrogen) atoms. The summed E-state index contributed by atoms with van der Waals surface area (Å²) in [7, 11) is 0. The summed E-state index contributed by atoms with van der Waals surface area (Å²) in [5.41, 5.74) is 7.36. The summed E-state index contributed by atoms with van der Waals surface area (Å²) in [6.07, 6.45) is 2.88. The molecule has 3 N–H and O–H groups in total. The van der Waals surface area contributed by atoms with Crippen LogP contribution in [-0.4, -0.2) is 45.4 Å². The summed E-state index contributed by atoms with van der Waals surface area (Å²) >= 11 is 0. The topological polar surface area (TPSA) is 104 Å². The van der Waals surface area contributed by atoms with Gasteiger partial charge in [0.2, 0.25) is 5.92 Å². The van der Waals surface area contributed by atoms with Crippen molar-refractivity contribution in [1.82, 2.24) is 19.9 Å². The lowest BCUT2D eigenvalue weighted by Gasteiger charge is -2.33. The Bertz CT molecular complexity index is 918. The van der Waals surface area contributed by atoms with Crippen LogP contribution < -0.4 is 11.1 Å². The quantitative estimate of drug-likeness (QED) is 0.653. The molecule has 1 aliphatic carbocycles. The molecule has 3 rings (SSSR count). The molecule has 10 heteroatoms. The summed E-state index contributed by atoms with van der Waals surface area (Å²) in [6.45, 7) is 8.13. The number of aromatic nitrogens is 3. The number of rotatable bonds is 7. The second-order valence-corrected chi connectivity index (χ2v) is 9.34. The minimum atomic E-state index is -2.67. The van der Waals surface area contributed by atoms with E-state index in [0.29, 0.717) is 24.6 Å². The van der Waals surface area contributed by atoms with E-state index >= 15 is 0 Å². The molecule has 2 atom stereocenters. The van der Waals surface area contributed by atoms with E-state index < -0.39 is 23.7 Å².